The van der Waals surface area contributed by atoms with Crippen LogP contribution in [-0.4, -0.2) is 17.9 Å². The molecular formula is C18H19BrN2O3. The number of hydrogen-bond donors (Lipinski definition) is 2. The summed E-state index contributed by atoms with van der Waals surface area (Å²) in [5.74, 6) is -0.00676. The highest BCUT2D eigenvalue weighted by Gasteiger charge is 2.10. The molecule has 5 nitrogen and oxygen atoms in total. The van der Waals surface area contributed by atoms with Gasteiger partial charge in [0, 0.05) is 15.8 Å². The molecule has 0 unspecified atom stereocenters. The highest BCUT2D eigenvalue weighted by molar-refractivity contribution is 9.10. The molecule has 0 aliphatic heterocycles. The summed E-state index contributed by atoms with van der Waals surface area (Å²) in [5.41, 5.74) is 1.26. The van der Waals surface area contributed by atoms with Gasteiger partial charge in [0.1, 0.15) is 12.2 Å². The first kappa shape index (κ1) is 18.0. The van der Waals surface area contributed by atoms with Crippen LogP contribution in [0.2, 0.25) is 0 Å². The Labute approximate surface area is 149 Å². The van der Waals surface area contributed by atoms with Gasteiger partial charge in [-0.1, -0.05) is 15.9 Å². The lowest BCUT2D eigenvalue weighted by Crippen LogP contribution is -2.21. The van der Waals surface area contributed by atoms with Crippen molar-refractivity contribution in [3.8, 4) is 5.75 Å². The molecule has 0 aliphatic rings. The molecule has 0 spiro atoms. The number of nitrogens with one attached hydrogen (secondary N) is 2. The van der Waals surface area contributed by atoms with Crippen LogP contribution in [0.1, 0.15) is 20.3 Å². The smallest absolute Gasteiger partial charge is 0.233 e. The Morgan fingerprint density at radius 2 is 1.38 bits per heavy atom. The van der Waals surface area contributed by atoms with Gasteiger partial charge in [-0.3, -0.25) is 9.59 Å². The summed E-state index contributed by atoms with van der Waals surface area (Å²) in [7, 11) is 0. The third-order valence-electron chi connectivity index (χ3n) is 2.96. The number of hydrogen-bond acceptors (Lipinski definition) is 3. The molecule has 0 radical (unpaired) electrons. The van der Waals surface area contributed by atoms with Crippen molar-refractivity contribution < 1.29 is 14.3 Å². The second-order valence-electron chi connectivity index (χ2n) is 5.47. The van der Waals surface area contributed by atoms with Crippen LogP contribution in [0.25, 0.3) is 0 Å². The van der Waals surface area contributed by atoms with E-state index in [1.165, 1.54) is 0 Å². The van der Waals surface area contributed by atoms with Gasteiger partial charge in [-0.15, -0.1) is 0 Å². The minimum atomic E-state index is -0.373. The lowest BCUT2D eigenvalue weighted by Gasteiger charge is -2.10. The van der Waals surface area contributed by atoms with E-state index in [4.69, 9.17) is 4.74 Å². The van der Waals surface area contributed by atoms with Crippen LogP contribution < -0.4 is 15.4 Å². The monoisotopic (exact) mass is 390 g/mol. The molecule has 24 heavy (non-hydrogen) atoms. The maximum Gasteiger partial charge on any atom is 0.233 e. The molecule has 0 aromatic heterocycles. The van der Waals surface area contributed by atoms with E-state index < -0.39 is 0 Å². The van der Waals surface area contributed by atoms with Gasteiger partial charge in [0.05, 0.1) is 6.10 Å². The molecule has 2 aromatic rings. The number of rotatable bonds is 6. The number of amides is 2. The van der Waals surface area contributed by atoms with Crippen LogP contribution in [0.5, 0.6) is 5.75 Å². The lowest BCUT2D eigenvalue weighted by atomic mass is 10.2. The molecule has 2 N–H and O–H groups in total. The SMILES string of the molecule is CC(C)Oc1ccc(NC(=O)CC(=O)Nc2ccc(Br)cc2)cc1. The van der Waals surface area contributed by atoms with Crippen LogP contribution >= 0.6 is 15.9 Å². The van der Waals surface area contributed by atoms with Crippen molar-refractivity contribution in [1.29, 1.82) is 0 Å². The maximum atomic E-state index is 11.9. The average molecular weight is 391 g/mol. The standard InChI is InChI=1S/C18H19BrN2O3/c1-12(2)24-16-9-7-15(8-10-16)21-18(23)11-17(22)20-14-5-3-13(19)4-6-14/h3-10,12H,11H2,1-2H3,(H,20,22)(H,21,23). The fraction of sp³-hybridized carbons (Fsp3) is 0.222. The van der Waals surface area contributed by atoms with Gasteiger partial charge < -0.3 is 15.4 Å². The number of carbonyl (C=O) groups is 2. The van der Waals surface area contributed by atoms with E-state index in [-0.39, 0.29) is 24.3 Å². The Bertz CT molecular complexity index is 697. The van der Waals surface area contributed by atoms with Gasteiger partial charge in [-0.05, 0) is 62.4 Å². The van der Waals surface area contributed by atoms with Crippen molar-refractivity contribution in [1.82, 2.24) is 0 Å². The van der Waals surface area contributed by atoms with Crippen molar-refractivity contribution in [3.05, 3.63) is 53.0 Å². The van der Waals surface area contributed by atoms with Gasteiger partial charge in [0.2, 0.25) is 11.8 Å². The first-order valence-corrected chi connectivity index (χ1v) is 8.33. The molecule has 0 atom stereocenters. The second kappa shape index (κ2) is 8.49. The summed E-state index contributed by atoms with van der Waals surface area (Å²) in [4.78, 5) is 23.8. The lowest BCUT2D eigenvalue weighted by molar-refractivity contribution is -0.123. The molecule has 0 saturated carbocycles. The van der Waals surface area contributed by atoms with Crippen LogP contribution in [0, 0.1) is 0 Å². The zero-order chi connectivity index (χ0) is 17.5. The van der Waals surface area contributed by atoms with Crippen LogP contribution in [0.15, 0.2) is 53.0 Å². The first-order valence-electron chi connectivity index (χ1n) is 7.54. The van der Waals surface area contributed by atoms with Crippen molar-refractivity contribution in [2.24, 2.45) is 0 Å². The number of benzene rings is 2. The summed E-state index contributed by atoms with van der Waals surface area (Å²) in [6.45, 7) is 3.89. The number of halogens is 1. The third-order valence-corrected chi connectivity index (χ3v) is 3.49. The van der Waals surface area contributed by atoms with E-state index >= 15 is 0 Å². The summed E-state index contributed by atoms with van der Waals surface area (Å²) < 4.78 is 6.45. The highest BCUT2D eigenvalue weighted by Crippen LogP contribution is 2.17. The molecular weight excluding hydrogens is 372 g/mol. The fourth-order valence-corrected chi connectivity index (χ4v) is 2.24. The summed E-state index contributed by atoms with van der Waals surface area (Å²) in [5, 5.41) is 5.36. The number of anilines is 2. The van der Waals surface area contributed by atoms with Gasteiger partial charge in [-0.25, -0.2) is 0 Å². The Morgan fingerprint density at radius 3 is 1.83 bits per heavy atom. The minimum absolute atomic E-state index is 0.0905. The minimum Gasteiger partial charge on any atom is -0.491 e. The Kier molecular flexibility index (Phi) is 6.37. The zero-order valence-corrected chi connectivity index (χ0v) is 15.1. The first-order chi connectivity index (χ1) is 11.4. The molecule has 6 heteroatoms. The van der Waals surface area contributed by atoms with Gasteiger partial charge >= 0.3 is 0 Å². The third kappa shape index (κ3) is 6.04. The van der Waals surface area contributed by atoms with Crippen molar-refractivity contribution in [2.45, 2.75) is 26.4 Å². The molecule has 0 aliphatic carbocycles. The second-order valence-corrected chi connectivity index (χ2v) is 6.39. The largest absolute Gasteiger partial charge is 0.491 e. The quantitative estimate of drug-likeness (QED) is 0.726. The Morgan fingerprint density at radius 1 is 0.917 bits per heavy atom. The van der Waals surface area contributed by atoms with E-state index in [0.29, 0.717) is 11.4 Å². The fourth-order valence-electron chi connectivity index (χ4n) is 1.98. The Balaban J connectivity index is 1.83. The molecule has 0 fully saturated rings. The predicted molar refractivity (Wildman–Crippen MR) is 98.2 cm³/mol. The normalized spacial score (nSPS) is 10.3. The highest BCUT2D eigenvalue weighted by atomic mass is 79.9. The van der Waals surface area contributed by atoms with E-state index in [0.717, 1.165) is 10.2 Å². The van der Waals surface area contributed by atoms with Gasteiger partial charge in [0.25, 0.3) is 0 Å². The van der Waals surface area contributed by atoms with E-state index in [9.17, 15) is 9.59 Å². The summed E-state index contributed by atoms with van der Waals surface area (Å²) in [6, 6.07) is 14.2. The summed E-state index contributed by atoms with van der Waals surface area (Å²) in [6.07, 6.45) is -0.159. The van der Waals surface area contributed by atoms with E-state index in [1.54, 1.807) is 36.4 Å². The number of ether oxygens (including phenoxy) is 1. The van der Waals surface area contributed by atoms with Gasteiger partial charge in [0.15, 0.2) is 0 Å². The van der Waals surface area contributed by atoms with Gasteiger partial charge in [-0.2, -0.15) is 0 Å². The predicted octanol–water partition coefficient (Wildman–Crippen LogP) is 4.20. The van der Waals surface area contributed by atoms with Crippen molar-refractivity contribution in [2.75, 3.05) is 10.6 Å². The maximum absolute atomic E-state index is 11.9. The topological polar surface area (TPSA) is 67.4 Å². The molecule has 126 valence electrons. The molecule has 2 amide bonds. The molecule has 2 rings (SSSR count). The van der Waals surface area contributed by atoms with E-state index in [2.05, 4.69) is 26.6 Å². The molecule has 0 bridgehead atoms. The van der Waals surface area contributed by atoms with E-state index in [1.807, 2.05) is 26.0 Å². The molecule has 2 aromatic carbocycles. The van der Waals surface area contributed by atoms with Crippen molar-refractivity contribution >= 4 is 39.1 Å². The zero-order valence-electron chi connectivity index (χ0n) is 13.5. The summed E-state index contributed by atoms with van der Waals surface area (Å²) >= 11 is 3.32. The van der Waals surface area contributed by atoms with Crippen LogP contribution in [-0.2, 0) is 9.59 Å². The van der Waals surface area contributed by atoms with Crippen LogP contribution in [0.3, 0.4) is 0 Å². The number of carbonyl (C=O) groups excluding carboxylic acids is 2. The molecule has 0 saturated heterocycles. The Hall–Kier alpha value is -2.34. The van der Waals surface area contributed by atoms with Crippen LogP contribution in [0.4, 0.5) is 11.4 Å². The molecule has 0 heterocycles. The van der Waals surface area contributed by atoms with Crippen molar-refractivity contribution in [3.63, 3.8) is 0 Å². The average Bonchev–Trinajstić information content (AvgIpc) is 2.51.